The first-order valence-electron chi connectivity index (χ1n) is 8.13. The Morgan fingerprint density at radius 2 is 2.22 bits per heavy atom. The van der Waals surface area contributed by atoms with E-state index >= 15 is 0 Å². The molecule has 6 heteroatoms. The van der Waals surface area contributed by atoms with Gasteiger partial charge >= 0.3 is 0 Å². The van der Waals surface area contributed by atoms with Crippen LogP contribution in [0.3, 0.4) is 0 Å². The van der Waals surface area contributed by atoms with Crippen LogP contribution < -0.4 is 5.32 Å². The van der Waals surface area contributed by atoms with E-state index in [-0.39, 0.29) is 12.0 Å². The molecule has 0 aliphatic carbocycles. The van der Waals surface area contributed by atoms with Crippen molar-refractivity contribution >= 4 is 29.1 Å². The van der Waals surface area contributed by atoms with Crippen LogP contribution in [0.2, 0.25) is 10.0 Å². The van der Waals surface area contributed by atoms with E-state index in [1.807, 2.05) is 18.2 Å². The summed E-state index contributed by atoms with van der Waals surface area (Å²) in [6.07, 6.45) is 2.60. The maximum Gasteiger partial charge on any atom is 0.220 e. The molecule has 4 nitrogen and oxygen atoms in total. The van der Waals surface area contributed by atoms with E-state index in [1.165, 1.54) is 0 Å². The van der Waals surface area contributed by atoms with Gasteiger partial charge in [0.15, 0.2) is 0 Å². The molecule has 1 aliphatic heterocycles. The molecule has 1 fully saturated rings. The highest BCUT2D eigenvalue weighted by Crippen LogP contribution is 2.23. The summed E-state index contributed by atoms with van der Waals surface area (Å²) in [7, 11) is 0. The zero-order valence-electron chi connectivity index (χ0n) is 13.5. The second-order valence-electron chi connectivity index (χ2n) is 5.88. The second kappa shape index (κ2) is 9.48. The lowest BCUT2D eigenvalue weighted by molar-refractivity contribution is -0.122. The highest BCUT2D eigenvalue weighted by molar-refractivity contribution is 6.42. The lowest BCUT2D eigenvalue weighted by Crippen LogP contribution is -2.47. The molecule has 1 N–H and O–H groups in total. The number of nitrogens with one attached hydrogen (secondary N) is 1. The molecule has 0 saturated carbocycles. The molecule has 2 rings (SSSR count). The first-order chi connectivity index (χ1) is 11.1. The van der Waals surface area contributed by atoms with E-state index < -0.39 is 0 Å². The zero-order valence-corrected chi connectivity index (χ0v) is 15.0. The smallest absolute Gasteiger partial charge is 0.220 e. The monoisotopic (exact) mass is 358 g/mol. The maximum absolute atomic E-state index is 11.7. The predicted molar refractivity (Wildman–Crippen MR) is 94.0 cm³/mol. The molecule has 1 heterocycles. The van der Waals surface area contributed by atoms with Gasteiger partial charge in [-0.2, -0.15) is 0 Å². The van der Waals surface area contributed by atoms with Crippen LogP contribution in [0.15, 0.2) is 18.2 Å². The molecule has 1 saturated heterocycles. The zero-order chi connectivity index (χ0) is 16.7. The van der Waals surface area contributed by atoms with E-state index in [0.717, 1.165) is 38.0 Å². The molecular formula is C17H24Cl2N2O2. The third-order valence-corrected chi connectivity index (χ3v) is 4.64. The molecule has 0 unspecified atom stereocenters. The van der Waals surface area contributed by atoms with E-state index in [9.17, 15) is 4.79 Å². The molecule has 23 heavy (non-hydrogen) atoms. The van der Waals surface area contributed by atoms with Crippen LogP contribution in [0, 0.1) is 0 Å². The number of nitrogens with zero attached hydrogens (tertiary/aromatic N) is 1. The van der Waals surface area contributed by atoms with Gasteiger partial charge in [0.25, 0.3) is 0 Å². The van der Waals surface area contributed by atoms with Crippen molar-refractivity contribution in [3.05, 3.63) is 33.8 Å². The number of hydrogen-bond donors (Lipinski definition) is 1. The van der Waals surface area contributed by atoms with Crippen LogP contribution in [-0.2, 0) is 16.1 Å². The number of unbranched alkanes of at least 4 members (excludes halogenated alkanes) is 1. The van der Waals surface area contributed by atoms with Crippen molar-refractivity contribution in [3.63, 3.8) is 0 Å². The Hall–Kier alpha value is -0.810. The van der Waals surface area contributed by atoms with Crippen LogP contribution in [0.25, 0.3) is 0 Å². The van der Waals surface area contributed by atoms with Gasteiger partial charge in [-0.3, -0.25) is 9.69 Å². The molecule has 0 spiro atoms. The Balaban J connectivity index is 1.78. The molecule has 128 valence electrons. The quantitative estimate of drug-likeness (QED) is 0.810. The second-order valence-corrected chi connectivity index (χ2v) is 6.70. The third kappa shape index (κ3) is 6.30. The topological polar surface area (TPSA) is 41.6 Å². The maximum atomic E-state index is 11.7. The van der Waals surface area contributed by atoms with Crippen LogP contribution in [0.5, 0.6) is 0 Å². The van der Waals surface area contributed by atoms with Crippen molar-refractivity contribution in [2.24, 2.45) is 0 Å². The fraction of sp³-hybridized carbons (Fsp3) is 0.588. The van der Waals surface area contributed by atoms with Gasteiger partial charge in [-0.1, -0.05) is 42.6 Å². The fourth-order valence-electron chi connectivity index (χ4n) is 2.60. The first kappa shape index (κ1) is 18.5. The van der Waals surface area contributed by atoms with Gasteiger partial charge in [0.2, 0.25) is 5.91 Å². The number of ether oxygens (including phenoxy) is 1. The van der Waals surface area contributed by atoms with Gasteiger partial charge in [-0.05, 0) is 24.1 Å². The number of rotatable bonds is 7. The van der Waals surface area contributed by atoms with Gasteiger partial charge in [-0.25, -0.2) is 0 Å². The molecular weight excluding hydrogens is 335 g/mol. The number of hydrogen-bond acceptors (Lipinski definition) is 3. The fourth-order valence-corrected chi connectivity index (χ4v) is 2.92. The minimum absolute atomic E-state index is 0.0390. The average Bonchev–Trinajstić information content (AvgIpc) is 2.55. The number of carbonyl (C=O) groups is 1. The Morgan fingerprint density at radius 3 is 2.96 bits per heavy atom. The predicted octanol–water partition coefficient (Wildman–Crippen LogP) is 3.50. The van der Waals surface area contributed by atoms with Crippen molar-refractivity contribution in [1.82, 2.24) is 10.2 Å². The summed E-state index contributed by atoms with van der Waals surface area (Å²) in [5.74, 6) is 0.108. The van der Waals surface area contributed by atoms with Gasteiger partial charge in [0.1, 0.15) is 0 Å². The SMILES string of the molecule is CCCCC(=O)NC[C@H]1CN(Cc2ccc(Cl)c(Cl)c2)CCO1. The minimum atomic E-state index is 0.0390. The van der Waals surface area contributed by atoms with E-state index in [4.69, 9.17) is 27.9 Å². The molecule has 0 radical (unpaired) electrons. The summed E-state index contributed by atoms with van der Waals surface area (Å²) < 4.78 is 5.74. The van der Waals surface area contributed by atoms with E-state index in [0.29, 0.717) is 29.6 Å². The number of halogens is 2. The minimum Gasteiger partial charge on any atom is -0.374 e. The molecule has 1 amide bonds. The van der Waals surface area contributed by atoms with Crippen molar-refractivity contribution in [2.75, 3.05) is 26.2 Å². The molecule has 0 bridgehead atoms. The van der Waals surface area contributed by atoms with E-state index in [1.54, 1.807) is 0 Å². The third-order valence-electron chi connectivity index (χ3n) is 3.90. The van der Waals surface area contributed by atoms with Gasteiger partial charge in [0.05, 0.1) is 22.8 Å². The van der Waals surface area contributed by atoms with Crippen molar-refractivity contribution in [2.45, 2.75) is 38.8 Å². The number of morpholine rings is 1. The van der Waals surface area contributed by atoms with Gasteiger partial charge in [-0.15, -0.1) is 0 Å². The van der Waals surface area contributed by atoms with Crippen LogP contribution in [0.1, 0.15) is 31.7 Å². The summed E-state index contributed by atoms with van der Waals surface area (Å²) in [4.78, 5) is 14.0. The highest BCUT2D eigenvalue weighted by atomic mass is 35.5. The Kier molecular flexibility index (Phi) is 7.63. The Bertz CT molecular complexity index is 525. The summed E-state index contributed by atoms with van der Waals surface area (Å²) in [6.45, 7) is 5.81. The molecule has 1 atom stereocenters. The van der Waals surface area contributed by atoms with Gasteiger partial charge < -0.3 is 10.1 Å². The van der Waals surface area contributed by atoms with Crippen molar-refractivity contribution in [1.29, 1.82) is 0 Å². The molecule has 1 aromatic carbocycles. The summed E-state index contributed by atoms with van der Waals surface area (Å²) in [6, 6.07) is 5.72. The number of amides is 1. The van der Waals surface area contributed by atoms with Crippen LogP contribution in [0.4, 0.5) is 0 Å². The van der Waals surface area contributed by atoms with Gasteiger partial charge in [0, 0.05) is 32.6 Å². The normalized spacial score (nSPS) is 18.8. The lowest BCUT2D eigenvalue weighted by Gasteiger charge is -2.33. The summed E-state index contributed by atoms with van der Waals surface area (Å²) in [5, 5.41) is 4.11. The summed E-state index contributed by atoms with van der Waals surface area (Å²) >= 11 is 12.0. The molecule has 1 aliphatic rings. The Labute approximate surface area is 148 Å². The van der Waals surface area contributed by atoms with Crippen LogP contribution >= 0.6 is 23.2 Å². The Morgan fingerprint density at radius 1 is 1.39 bits per heavy atom. The van der Waals surface area contributed by atoms with Crippen LogP contribution in [-0.4, -0.2) is 43.2 Å². The molecule has 1 aromatic rings. The number of carbonyl (C=O) groups excluding carboxylic acids is 1. The van der Waals surface area contributed by atoms with E-state index in [2.05, 4.69) is 17.1 Å². The van der Waals surface area contributed by atoms with Crippen molar-refractivity contribution < 1.29 is 9.53 Å². The average molecular weight is 359 g/mol. The standard InChI is InChI=1S/C17H24Cl2N2O2/c1-2-3-4-17(22)20-10-14-12-21(7-8-23-14)11-13-5-6-15(18)16(19)9-13/h5-6,9,14H,2-4,7-8,10-12H2,1H3,(H,20,22)/t14-/m0/s1. The lowest BCUT2D eigenvalue weighted by atomic mass is 10.2. The largest absolute Gasteiger partial charge is 0.374 e. The summed E-state index contributed by atoms with van der Waals surface area (Å²) in [5.41, 5.74) is 1.13. The highest BCUT2D eigenvalue weighted by Gasteiger charge is 2.21. The molecule has 0 aromatic heterocycles. The first-order valence-corrected chi connectivity index (χ1v) is 8.88. The number of benzene rings is 1. The van der Waals surface area contributed by atoms with Crippen molar-refractivity contribution in [3.8, 4) is 0 Å².